The van der Waals surface area contributed by atoms with Gasteiger partial charge in [-0.1, -0.05) is 30.3 Å². The average Bonchev–Trinajstić information content (AvgIpc) is 2.53. The highest BCUT2D eigenvalue weighted by Gasteiger charge is 2.21. The summed E-state index contributed by atoms with van der Waals surface area (Å²) in [6.07, 6.45) is 1.35. The minimum atomic E-state index is -0.678. The van der Waals surface area contributed by atoms with Gasteiger partial charge in [0.1, 0.15) is 5.82 Å². The summed E-state index contributed by atoms with van der Waals surface area (Å²) in [7, 11) is 1.32. The van der Waals surface area contributed by atoms with Crippen molar-refractivity contribution in [2.24, 2.45) is 5.73 Å². The van der Waals surface area contributed by atoms with Gasteiger partial charge in [-0.15, -0.1) is 0 Å². The SMILES string of the molecule is COC(=O)C(Nc1ccc(C(N)=O)cn1)c1ccccc1. The highest BCUT2D eigenvalue weighted by molar-refractivity contribution is 5.92. The monoisotopic (exact) mass is 285 g/mol. The van der Waals surface area contributed by atoms with Gasteiger partial charge in [-0.05, 0) is 17.7 Å². The molecule has 0 saturated heterocycles. The third kappa shape index (κ3) is 3.56. The van der Waals surface area contributed by atoms with Gasteiger partial charge in [0.15, 0.2) is 6.04 Å². The lowest BCUT2D eigenvalue weighted by molar-refractivity contribution is -0.141. The first-order chi connectivity index (χ1) is 10.1. The number of benzene rings is 1. The Bertz CT molecular complexity index is 626. The minimum Gasteiger partial charge on any atom is -0.467 e. The molecule has 2 rings (SSSR count). The summed E-state index contributed by atoms with van der Waals surface area (Å²) in [6, 6.07) is 11.6. The Balaban J connectivity index is 2.23. The molecule has 0 saturated carbocycles. The van der Waals surface area contributed by atoms with E-state index in [4.69, 9.17) is 10.5 Å². The molecule has 3 N–H and O–H groups in total. The van der Waals surface area contributed by atoms with Crippen molar-refractivity contribution in [1.29, 1.82) is 0 Å². The maximum Gasteiger partial charge on any atom is 0.333 e. The fourth-order valence-electron chi connectivity index (χ4n) is 1.81. The second-order valence-corrected chi connectivity index (χ2v) is 4.31. The fourth-order valence-corrected chi connectivity index (χ4v) is 1.81. The number of anilines is 1. The molecule has 6 heteroatoms. The maximum absolute atomic E-state index is 11.9. The van der Waals surface area contributed by atoms with Crippen LogP contribution in [-0.2, 0) is 9.53 Å². The normalized spacial score (nSPS) is 11.5. The molecule has 1 amide bonds. The van der Waals surface area contributed by atoms with Crippen LogP contribution < -0.4 is 11.1 Å². The lowest BCUT2D eigenvalue weighted by Crippen LogP contribution is -2.23. The van der Waals surface area contributed by atoms with E-state index in [2.05, 4.69) is 10.3 Å². The second-order valence-electron chi connectivity index (χ2n) is 4.31. The highest BCUT2D eigenvalue weighted by Crippen LogP contribution is 2.19. The van der Waals surface area contributed by atoms with Crippen molar-refractivity contribution in [2.45, 2.75) is 6.04 Å². The number of amides is 1. The molecule has 0 spiro atoms. The van der Waals surface area contributed by atoms with Crippen LogP contribution in [0.5, 0.6) is 0 Å². The number of nitrogens with zero attached hydrogens (tertiary/aromatic N) is 1. The summed E-state index contributed by atoms with van der Waals surface area (Å²) in [5, 5.41) is 2.97. The lowest BCUT2D eigenvalue weighted by atomic mass is 10.1. The molecule has 0 aliphatic rings. The second kappa shape index (κ2) is 6.51. The lowest BCUT2D eigenvalue weighted by Gasteiger charge is -2.17. The Hall–Kier alpha value is -2.89. The van der Waals surface area contributed by atoms with E-state index >= 15 is 0 Å². The van der Waals surface area contributed by atoms with E-state index < -0.39 is 17.9 Å². The van der Waals surface area contributed by atoms with E-state index in [1.807, 2.05) is 30.3 Å². The minimum absolute atomic E-state index is 0.301. The van der Waals surface area contributed by atoms with E-state index in [9.17, 15) is 9.59 Å². The number of primary amides is 1. The summed E-state index contributed by atoms with van der Waals surface area (Å²) >= 11 is 0. The third-order valence-electron chi connectivity index (χ3n) is 2.91. The van der Waals surface area contributed by atoms with Crippen LogP contribution in [0.25, 0.3) is 0 Å². The number of hydrogen-bond acceptors (Lipinski definition) is 5. The molecule has 0 radical (unpaired) electrons. The molecule has 2 aromatic rings. The molecule has 1 aromatic carbocycles. The van der Waals surface area contributed by atoms with Gasteiger partial charge in [-0.25, -0.2) is 9.78 Å². The molecular weight excluding hydrogens is 270 g/mol. The first-order valence-electron chi connectivity index (χ1n) is 6.27. The van der Waals surface area contributed by atoms with Crippen LogP contribution in [0.2, 0.25) is 0 Å². The third-order valence-corrected chi connectivity index (χ3v) is 2.91. The van der Waals surface area contributed by atoms with Gasteiger partial charge in [0.05, 0.1) is 12.7 Å². The van der Waals surface area contributed by atoms with Gasteiger partial charge in [0, 0.05) is 6.20 Å². The van der Waals surface area contributed by atoms with Crippen LogP contribution in [-0.4, -0.2) is 24.0 Å². The number of pyridine rings is 1. The quantitative estimate of drug-likeness (QED) is 0.812. The number of rotatable bonds is 5. The van der Waals surface area contributed by atoms with Gasteiger partial charge >= 0.3 is 5.97 Å². The van der Waals surface area contributed by atoms with E-state index in [1.165, 1.54) is 19.4 Å². The van der Waals surface area contributed by atoms with E-state index in [1.54, 1.807) is 6.07 Å². The van der Waals surface area contributed by atoms with Gasteiger partial charge in [-0.3, -0.25) is 4.79 Å². The predicted octanol–water partition coefficient (Wildman–Crippen LogP) is 1.51. The standard InChI is InChI=1S/C15H15N3O3/c1-21-15(20)13(10-5-3-2-4-6-10)18-12-8-7-11(9-17-12)14(16)19/h2-9,13H,1H3,(H2,16,19)(H,17,18). The number of hydrogen-bond donors (Lipinski definition) is 2. The van der Waals surface area contributed by atoms with Crippen molar-refractivity contribution in [3.8, 4) is 0 Å². The van der Waals surface area contributed by atoms with Gasteiger partial charge in [0.25, 0.3) is 0 Å². The Kier molecular flexibility index (Phi) is 4.50. The molecule has 0 bridgehead atoms. The Labute approximate surface area is 121 Å². The Morgan fingerprint density at radius 2 is 1.90 bits per heavy atom. The number of carbonyl (C=O) groups is 2. The van der Waals surface area contributed by atoms with Crippen molar-refractivity contribution in [3.05, 3.63) is 59.8 Å². The number of esters is 1. The first kappa shape index (κ1) is 14.5. The zero-order chi connectivity index (χ0) is 15.2. The number of methoxy groups -OCH3 is 1. The van der Waals surface area contributed by atoms with Crippen molar-refractivity contribution in [3.63, 3.8) is 0 Å². The number of aromatic nitrogens is 1. The molecule has 0 aliphatic heterocycles. The van der Waals surface area contributed by atoms with E-state index in [0.717, 1.165) is 5.56 Å². The molecule has 1 aromatic heterocycles. The fraction of sp³-hybridized carbons (Fsp3) is 0.133. The molecule has 108 valence electrons. The number of carbonyl (C=O) groups excluding carboxylic acids is 2. The molecule has 0 aliphatic carbocycles. The maximum atomic E-state index is 11.9. The number of ether oxygens (including phenoxy) is 1. The molecule has 6 nitrogen and oxygen atoms in total. The predicted molar refractivity (Wildman–Crippen MR) is 77.6 cm³/mol. The molecular formula is C15H15N3O3. The van der Waals surface area contributed by atoms with Crippen LogP contribution in [0.4, 0.5) is 5.82 Å². The molecule has 1 heterocycles. The first-order valence-corrected chi connectivity index (χ1v) is 6.27. The van der Waals surface area contributed by atoms with Crippen LogP contribution >= 0.6 is 0 Å². The summed E-state index contributed by atoms with van der Waals surface area (Å²) in [6.45, 7) is 0. The topological polar surface area (TPSA) is 94.3 Å². The summed E-state index contributed by atoms with van der Waals surface area (Å²) in [5.41, 5.74) is 6.21. The van der Waals surface area contributed by atoms with Crippen LogP contribution in [0.3, 0.4) is 0 Å². The summed E-state index contributed by atoms with van der Waals surface area (Å²) < 4.78 is 4.80. The smallest absolute Gasteiger partial charge is 0.333 e. The Morgan fingerprint density at radius 3 is 2.43 bits per heavy atom. The average molecular weight is 285 g/mol. The highest BCUT2D eigenvalue weighted by atomic mass is 16.5. The van der Waals surface area contributed by atoms with Crippen molar-refractivity contribution < 1.29 is 14.3 Å². The number of nitrogens with one attached hydrogen (secondary N) is 1. The molecule has 1 atom stereocenters. The molecule has 0 fully saturated rings. The van der Waals surface area contributed by atoms with Gasteiger partial charge in [0.2, 0.25) is 5.91 Å². The zero-order valence-electron chi connectivity index (χ0n) is 11.4. The van der Waals surface area contributed by atoms with Crippen molar-refractivity contribution in [1.82, 2.24) is 4.98 Å². The molecule has 21 heavy (non-hydrogen) atoms. The Morgan fingerprint density at radius 1 is 1.19 bits per heavy atom. The van der Waals surface area contributed by atoms with Crippen LogP contribution in [0.15, 0.2) is 48.7 Å². The summed E-state index contributed by atoms with van der Waals surface area (Å²) in [5.74, 6) is -0.539. The zero-order valence-corrected chi connectivity index (χ0v) is 11.4. The van der Waals surface area contributed by atoms with Crippen LogP contribution in [0, 0.1) is 0 Å². The molecule has 1 unspecified atom stereocenters. The largest absolute Gasteiger partial charge is 0.467 e. The number of nitrogens with two attached hydrogens (primary N) is 1. The van der Waals surface area contributed by atoms with Gasteiger partial charge in [-0.2, -0.15) is 0 Å². The summed E-state index contributed by atoms with van der Waals surface area (Å²) in [4.78, 5) is 27.0. The van der Waals surface area contributed by atoms with Crippen LogP contribution in [0.1, 0.15) is 22.0 Å². The van der Waals surface area contributed by atoms with Crippen molar-refractivity contribution in [2.75, 3.05) is 12.4 Å². The van der Waals surface area contributed by atoms with Crippen molar-refractivity contribution >= 4 is 17.7 Å². The van der Waals surface area contributed by atoms with E-state index in [0.29, 0.717) is 11.4 Å². The van der Waals surface area contributed by atoms with E-state index in [-0.39, 0.29) is 0 Å². The van der Waals surface area contributed by atoms with Gasteiger partial charge < -0.3 is 15.8 Å².